The smallest absolute Gasteiger partial charge is 0.323 e. The summed E-state index contributed by atoms with van der Waals surface area (Å²) in [6.07, 6.45) is 4.66. The van der Waals surface area contributed by atoms with Gasteiger partial charge in [0, 0.05) is 31.2 Å². The molecule has 1 aliphatic carbocycles. The van der Waals surface area contributed by atoms with E-state index in [4.69, 9.17) is 4.74 Å². The standard InChI is InChI=1S/C26H31FN4O4/c1-35-24(32)14-17-6-9-20(10-7-17)29-26(34)31-13-12-18-15-21(11-8-19(18)16-31)28-25(33)30-23-5-3-2-4-22(23)27/h2-5,8,11,15,17,20H,6-7,9-10,12-14,16H2,1H3,(H,29,34)(H2,28,30,33). The first-order chi connectivity index (χ1) is 16.9. The Labute approximate surface area is 204 Å². The first-order valence-electron chi connectivity index (χ1n) is 12.0. The molecule has 9 heteroatoms. The number of carbonyl (C=O) groups is 3. The second-order valence-electron chi connectivity index (χ2n) is 9.16. The van der Waals surface area contributed by atoms with Gasteiger partial charge in [-0.2, -0.15) is 0 Å². The average Bonchev–Trinajstić information content (AvgIpc) is 2.86. The number of amides is 4. The number of halogens is 1. The Balaban J connectivity index is 1.26. The van der Waals surface area contributed by atoms with E-state index in [1.54, 1.807) is 23.1 Å². The average molecular weight is 483 g/mol. The van der Waals surface area contributed by atoms with Gasteiger partial charge >= 0.3 is 18.0 Å². The number of benzene rings is 2. The Morgan fingerprint density at radius 2 is 1.80 bits per heavy atom. The highest BCUT2D eigenvalue weighted by Crippen LogP contribution is 2.28. The van der Waals surface area contributed by atoms with Gasteiger partial charge in [-0.15, -0.1) is 0 Å². The van der Waals surface area contributed by atoms with Crippen LogP contribution in [0.4, 0.5) is 25.4 Å². The van der Waals surface area contributed by atoms with Gasteiger partial charge in [-0.25, -0.2) is 14.0 Å². The van der Waals surface area contributed by atoms with Gasteiger partial charge in [0.25, 0.3) is 0 Å². The zero-order valence-electron chi connectivity index (χ0n) is 19.8. The number of ether oxygens (including phenoxy) is 1. The van der Waals surface area contributed by atoms with Crippen LogP contribution in [0.1, 0.15) is 43.2 Å². The lowest BCUT2D eigenvalue weighted by Gasteiger charge is -2.33. The number of fused-ring (bicyclic) bond motifs is 1. The monoisotopic (exact) mass is 482 g/mol. The van der Waals surface area contributed by atoms with Crippen LogP contribution in [0.5, 0.6) is 0 Å². The minimum absolute atomic E-state index is 0.0708. The van der Waals surface area contributed by atoms with Gasteiger partial charge < -0.3 is 25.6 Å². The third-order valence-electron chi connectivity index (χ3n) is 6.74. The van der Waals surface area contributed by atoms with Crippen LogP contribution < -0.4 is 16.0 Å². The summed E-state index contributed by atoms with van der Waals surface area (Å²) in [6.45, 7) is 1.09. The number of hydrogen-bond donors (Lipinski definition) is 3. The fraction of sp³-hybridized carbons (Fsp3) is 0.423. The molecule has 1 aliphatic heterocycles. The van der Waals surface area contributed by atoms with E-state index in [2.05, 4.69) is 16.0 Å². The molecule has 1 saturated carbocycles. The molecule has 0 atom stereocenters. The lowest BCUT2D eigenvalue weighted by atomic mass is 9.84. The number of anilines is 2. The fourth-order valence-electron chi connectivity index (χ4n) is 4.75. The molecule has 0 bridgehead atoms. The number of para-hydroxylation sites is 1. The molecule has 2 aromatic rings. The largest absolute Gasteiger partial charge is 0.469 e. The van der Waals surface area contributed by atoms with Crippen LogP contribution in [0.15, 0.2) is 42.5 Å². The number of carbonyl (C=O) groups excluding carboxylic acids is 3. The van der Waals surface area contributed by atoms with Crippen molar-refractivity contribution in [3.8, 4) is 0 Å². The summed E-state index contributed by atoms with van der Waals surface area (Å²) in [5.74, 6) is -0.344. The number of hydrogen-bond acceptors (Lipinski definition) is 4. The highest BCUT2D eigenvalue weighted by molar-refractivity contribution is 5.99. The number of esters is 1. The first kappa shape index (κ1) is 24.5. The number of nitrogens with zero attached hydrogens (tertiary/aromatic N) is 1. The molecule has 1 heterocycles. The molecule has 186 valence electrons. The highest BCUT2D eigenvalue weighted by atomic mass is 19.1. The van der Waals surface area contributed by atoms with Crippen LogP contribution in [0, 0.1) is 11.7 Å². The lowest BCUT2D eigenvalue weighted by molar-refractivity contribution is -0.142. The van der Waals surface area contributed by atoms with E-state index in [9.17, 15) is 18.8 Å². The Bertz CT molecular complexity index is 1080. The molecular weight excluding hydrogens is 451 g/mol. The summed E-state index contributed by atoms with van der Waals surface area (Å²) in [6, 6.07) is 11.1. The highest BCUT2D eigenvalue weighted by Gasteiger charge is 2.27. The maximum absolute atomic E-state index is 13.7. The minimum atomic E-state index is -0.520. The van der Waals surface area contributed by atoms with E-state index in [1.165, 1.54) is 19.2 Å². The summed E-state index contributed by atoms with van der Waals surface area (Å²) in [5, 5.41) is 8.39. The molecule has 0 radical (unpaired) electrons. The molecular formula is C26H31FN4O4. The van der Waals surface area contributed by atoms with E-state index in [0.717, 1.165) is 36.8 Å². The Morgan fingerprint density at radius 1 is 1.03 bits per heavy atom. The van der Waals surface area contributed by atoms with Crippen LogP contribution >= 0.6 is 0 Å². The predicted octanol–water partition coefficient (Wildman–Crippen LogP) is 4.66. The molecule has 1 fully saturated rings. The Hall–Kier alpha value is -3.62. The maximum Gasteiger partial charge on any atom is 0.323 e. The molecule has 3 N–H and O–H groups in total. The van der Waals surface area contributed by atoms with Crippen molar-refractivity contribution < 1.29 is 23.5 Å². The van der Waals surface area contributed by atoms with Crippen molar-refractivity contribution in [1.82, 2.24) is 10.2 Å². The fourth-order valence-corrected chi connectivity index (χ4v) is 4.75. The van der Waals surface area contributed by atoms with Crippen molar-refractivity contribution in [2.24, 2.45) is 5.92 Å². The molecule has 0 spiro atoms. The third kappa shape index (κ3) is 6.49. The van der Waals surface area contributed by atoms with Gasteiger partial charge in [0.1, 0.15) is 5.82 Å². The number of rotatable bonds is 5. The molecule has 4 amide bonds. The Kier molecular flexibility index (Phi) is 7.84. The zero-order valence-corrected chi connectivity index (χ0v) is 19.8. The predicted molar refractivity (Wildman–Crippen MR) is 131 cm³/mol. The summed E-state index contributed by atoms with van der Waals surface area (Å²) < 4.78 is 18.5. The minimum Gasteiger partial charge on any atom is -0.469 e. The maximum atomic E-state index is 13.7. The summed E-state index contributed by atoms with van der Waals surface area (Å²) in [4.78, 5) is 38.4. The molecule has 0 unspecified atom stereocenters. The van der Waals surface area contributed by atoms with Crippen molar-refractivity contribution in [2.75, 3.05) is 24.3 Å². The van der Waals surface area contributed by atoms with Gasteiger partial charge in [-0.1, -0.05) is 18.2 Å². The van der Waals surface area contributed by atoms with Crippen LogP contribution in [0.25, 0.3) is 0 Å². The van der Waals surface area contributed by atoms with Crippen LogP contribution in [-0.4, -0.2) is 42.6 Å². The van der Waals surface area contributed by atoms with Crippen LogP contribution in [-0.2, 0) is 22.5 Å². The molecule has 0 saturated heterocycles. The molecule has 4 rings (SSSR count). The number of urea groups is 2. The van der Waals surface area contributed by atoms with Crippen LogP contribution in [0.2, 0.25) is 0 Å². The van der Waals surface area contributed by atoms with Gasteiger partial charge in [-0.3, -0.25) is 4.79 Å². The summed E-state index contributed by atoms with van der Waals surface area (Å²) in [5.41, 5.74) is 2.83. The molecule has 2 aromatic carbocycles. The second-order valence-corrected chi connectivity index (χ2v) is 9.16. The third-order valence-corrected chi connectivity index (χ3v) is 6.74. The lowest BCUT2D eigenvalue weighted by Crippen LogP contribution is -2.47. The van der Waals surface area contributed by atoms with Gasteiger partial charge in [0.2, 0.25) is 0 Å². The quantitative estimate of drug-likeness (QED) is 0.540. The normalized spacial score (nSPS) is 19.3. The summed E-state index contributed by atoms with van der Waals surface area (Å²) in [7, 11) is 1.41. The van der Waals surface area contributed by atoms with Crippen molar-refractivity contribution >= 4 is 29.4 Å². The topological polar surface area (TPSA) is 99.8 Å². The van der Waals surface area contributed by atoms with Crippen molar-refractivity contribution in [3.05, 3.63) is 59.4 Å². The molecule has 0 aromatic heterocycles. The van der Waals surface area contributed by atoms with Gasteiger partial charge in [0.05, 0.1) is 12.8 Å². The summed E-state index contributed by atoms with van der Waals surface area (Å²) >= 11 is 0. The number of methoxy groups -OCH3 is 1. The molecule has 2 aliphatic rings. The second kappa shape index (κ2) is 11.2. The van der Waals surface area contributed by atoms with Crippen LogP contribution in [0.3, 0.4) is 0 Å². The van der Waals surface area contributed by atoms with E-state index < -0.39 is 11.8 Å². The van der Waals surface area contributed by atoms with Crippen molar-refractivity contribution in [2.45, 2.75) is 51.1 Å². The molecule has 35 heavy (non-hydrogen) atoms. The van der Waals surface area contributed by atoms with E-state index in [1.807, 2.05) is 12.1 Å². The van der Waals surface area contributed by atoms with Gasteiger partial charge in [0.15, 0.2) is 0 Å². The van der Waals surface area contributed by atoms with Crippen molar-refractivity contribution in [1.29, 1.82) is 0 Å². The van der Waals surface area contributed by atoms with Gasteiger partial charge in [-0.05, 0) is 73.4 Å². The van der Waals surface area contributed by atoms with E-state index in [-0.39, 0.29) is 23.7 Å². The van der Waals surface area contributed by atoms with E-state index in [0.29, 0.717) is 37.5 Å². The molecule has 8 nitrogen and oxygen atoms in total. The van der Waals surface area contributed by atoms with E-state index >= 15 is 0 Å². The zero-order chi connectivity index (χ0) is 24.8. The Morgan fingerprint density at radius 3 is 2.54 bits per heavy atom. The SMILES string of the molecule is COC(=O)CC1CCC(NC(=O)N2CCc3cc(NC(=O)Nc4ccccc4F)ccc3C2)CC1. The number of nitrogens with one attached hydrogen (secondary N) is 3. The first-order valence-corrected chi connectivity index (χ1v) is 12.0. The van der Waals surface area contributed by atoms with Crippen molar-refractivity contribution in [3.63, 3.8) is 0 Å².